The number of alkyl halides is 2. The van der Waals surface area contributed by atoms with E-state index >= 15 is 0 Å². The zero-order valence-electron chi connectivity index (χ0n) is 13.8. The van der Waals surface area contributed by atoms with E-state index in [1.54, 1.807) is 0 Å². The summed E-state index contributed by atoms with van der Waals surface area (Å²) in [4.78, 5) is 0. The molecule has 0 unspecified atom stereocenters. The SMILES string of the molecule is C=C1[C@H](Cc2ccc(C)cc2)C(C(C)(F)F)=NN1c1ccccc1. The zero-order valence-corrected chi connectivity index (χ0v) is 13.8. The van der Waals surface area contributed by atoms with Gasteiger partial charge in [-0.05, 0) is 31.0 Å². The number of aryl methyl sites for hydroxylation is 1. The lowest BCUT2D eigenvalue weighted by molar-refractivity contribution is 0.0961. The molecule has 0 aromatic heterocycles. The smallest absolute Gasteiger partial charge is 0.238 e. The first-order valence-electron chi connectivity index (χ1n) is 7.92. The van der Waals surface area contributed by atoms with E-state index in [2.05, 4.69) is 11.7 Å². The molecule has 0 saturated carbocycles. The van der Waals surface area contributed by atoms with Gasteiger partial charge in [0.25, 0.3) is 5.92 Å². The number of halogens is 2. The number of para-hydroxylation sites is 1. The number of hydrogen-bond acceptors (Lipinski definition) is 2. The molecule has 4 heteroatoms. The largest absolute Gasteiger partial charge is 0.285 e. The van der Waals surface area contributed by atoms with Crippen molar-refractivity contribution in [1.29, 1.82) is 0 Å². The second-order valence-corrected chi connectivity index (χ2v) is 6.25. The summed E-state index contributed by atoms with van der Waals surface area (Å²) in [7, 11) is 0. The molecule has 3 rings (SSSR count). The summed E-state index contributed by atoms with van der Waals surface area (Å²) in [5, 5.41) is 5.74. The Kier molecular flexibility index (Phi) is 4.22. The Morgan fingerprint density at radius 2 is 1.71 bits per heavy atom. The van der Waals surface area contributed by atoms with Gasteiger partial charge in [0.2, 0.25) is 0 Å². The lowest BCUT2D eigenvalue weighted by Crippen LogP contribution is -2.31. The zero-order chi connectivity index (χ0) is 17.3. The molecule has 1 aliphatic heterocycles. The van der Waals surface area contributed by atoms with E-state index in [0.717, 1.165) is 23.7 Å². The molecule has 124 valence electrons. The molecule has 24 heavy (non-hydrogen) atoms. The summed E-state index contributed by atoms with van der Waals surface area (Å²) in [5.41, 5.74) is 3.34. The molecule has 0 bridgehead atoms. The van der Waals surface area contributed by atoms with Gasteiger partial charge in [-0.15, -0.1) is 0 Å². The van der Waals surface area contributed by atoms with Crippen LogP contribution in [-0.2, 0) is 6.42 Å². The standard InChI is InChI=1S/C20H20F2N2/c1-14-9-11-16(12-10-14)13-18-15(2)24(17-7-5-4-6-8-17)23-19(18)20(3,21)22/h4-12,18H,2,13H2,1,3H3/t18-/m0/s1. The van der Waals surface area contributed by atoms with Crippen LogP contribution in [0.25, 0.3) is 0 Å². The van der Waals surface area contributed by atoms with Gasteiger partial charge in [0.15, 0.2) is 0 Å². The molecule has 2 nitrogen and oxygen atoms in total. The molecule has 0 amide bonds. The van der Waals surface area contributed by atoms with Crippen LogP contribution in [0, 0.1) is 12.8 Å². The minimum atomic E-state index is -2.98. The van der Waals surface area contributed by atoms with Crippen LogP contribution in [0.4, 0.5) is 14.5 Å². The van der Waals surface area contributed by atoms with Crippen molar-refractivity contribution in [3.63, 3.8) is 0 Å². The third-order valence-corrected chi connectivity index (χ3v) is 4.22. The highest BCUT2D eigenvalue weighted by atomic mass is 19.3. The lowest BCUT2D eigenvalue weighted by Gasteiger charge is -2.20. The van der Waals surface area contributed by atoms with Gasteiger partial charge in [0.05, 0.1) is 11.6 Å². The summed E-state index contributed by atoms with van der Waals surface area (Å²) in [6.07, 6.45) is 0.463. The Morgan fingerprint density at radius 1 is 1.08 bits per heavy atom. The fraction of sp³-hybridized carbons (Fsp3) is 0.250. The average molecular weight is 326 g/mol. The van der Waals surface area contributed by atoms with Crippen LogP contribution in [0.3, 0.4) is 0 Å². The summed E-state index contributed by atoms with van der Waals surface area (Å²) >= 11 is 0. The van der Waals surface area contributed by atoms with Gasteiger partial charge in [-0.1, -0.05) is 54.6 Å². The third-order valence-electron chi connectivity index (χ3n) is 4.22. The van der Waals surface area contributed by atoms with E-state index < -0.39 is 11.8 Å². The van der Waals surface area contributed by atoms with Crippen molar-refractivity contribution in [1.82, 2.24) is 0 Å². The molecule has 0 fully saturated rings. The predicted molar refractivity (Wildman–Crippen MR) is 94.5 cm³/mol. The van der Waals surface area contributed by atoms with Crippen LogP contribution in [-0.4, -0.2) is 11.6 Å². The highest BCUT2D eigenvalue weighted by molar-refractivity contribution is 5.99. The topological polar surface area (TPSA) is 15.6 Å². The summed E-state index contributed by atoms with van der Waals surface area (Å²) in [6.45, 7) is 6.95. The predicted octanol–water partition coefficient (Wildman–Crippen LogP) is 5.20. The minimum Gasteiger partial charge on any atom is -0.238 e. The van der Waals surface area contributed by atoms with Crippen molar-refractivity contribution in [3.05, 3.63) is 78.0 Å². The molecule has 1 aliphatic rings. The first-order chi connectivity index (χ1) is 11.4. The normalized spacial score (nSPS) is 18.0. The van der Waals surface area contributed by atoms with Crippen molar-refractivity contribution >= 4 is 11.4 Å². The Morgan fingerprint density at radius 3 is 2.29 bits per heavy atom. The van der Waals surface area contributed by atoms with Crippen LogP contribution in [0.1, 0.15) is 18.1 Å². The Bertz CT molecular complexity index is 758. The second-order valence-electron chi connectivity index (χ2n) is 6.25. The van der Waals surface area contributed by atoms with Gasteiger partial charge in [0.1, 0.15) is 5.71 Å². The van der Waals surface area contributed by atoms with Crippen molar-refractivity contribution in [2.24, 2.45) is 11.0 Å². The summed E-state index contributed by atoms with van der Waals surface area (Å²) in [5.74, 6) is -3.49. The number of anilines is 1. The number of hydrazone groups is 1. The molecule has 0 aliphatic carbocycles. The van der Waals surface area contributed by atoms with Crippen LogP contribution < -0.4 is 5.01 Å². The van der Waals surface area contributed by atoms with Crippen molar-refractivity contribution in [2.75, 3.05) is 5.01 Å². The molecular weight excluding hydrogens is 306 g/mol. The maximum atomic E-state index is 14.1. The number of hydrogen-bond donors (Lipinski definition) is 0. The van der Waals surface area contributed by atoms with Gasteiger partial charge in [-0.25, -0.2) is 13.8 Å². The molecule has 1 atom stereocenters. The fourth-order valence-corrected chi connectivity index (χ4v) is 2.91. The molecule has 0 saturated heterocycles. The summed E-state index contributed by atoms with van der Waals surface area (Å²) in [6, 6.07) is 17.2. The van der Waals surface area contributed by atoms with Gasteiger partial charge in [-0.3, -0.25) is 0 Å². The Labute approximate surface area is 141 Å². The maximum absolute atomic E-state index is 14.1. The number of benzene rings is 2. The molecule has 1 heterocycles. The third kappa shape index (κ3) is 3.23. The minimum absolute atomic E-state index is 0.128. The maximum Gasteiger partial charge on any atom is 0.285 e. The molecule has 2 aromatic rings. The second kappa shape index (κ2) is 6.19. The Hall–Kier alpha value is -2.49. The van der Waals surface area contributed by atoms with Crippen molar-refractivity contribution in [3.8, 4) is 0 Å². The van der Waals surface area contributed by atoms with Gasteiger partial charge < -0.3 is 0 Å². The highest BCUT2D eigenvalue weighted by Gasteiger charge is 2.43. The molecular formula is C20H20F2N2. The van der Waals surface area contributed by atoms with Gasteiger partial charge >= 0.3 is 0 Å². The first kappa shape index (κ1) is 16.4. The number of nitrogens with zero attached hydrogens (tertiary/aromatic N) is 2. The van der Waals surface area contributed by atoms with Crippen LogP contribution in [0.2, 0.25) is 0 Å². The van der Waals surface area contributed by atoms with Crippen molar-refractivity contribution in [2.45, 2.75) is 26.2 Å². The fourth-order valence-electron chi connectivity index (χ4n) is 2.91. The molecule has 0 spiro atoms. The monoisotopic (exact) mass is 326 g/mol. The summed E-state index contributed by atoms with van der Waals surface area (Å²) < 4.78 is 28.2. The van der Waals surface area contributed by atoms with Crippen LogP contribution >= 0.6 is 0 Å². The van der Waals surface area contributed by atoms with Gasteiger partial charge in [0, 0.05) is 12.6 Å². The molecule has 2 aromatic carbocycles. The molecule has 0 radical (unpaired) electrons. The van der Waals surface area contributed by atoms with E-state index in [9.17, 15) is 8.78 Å². The Balaban J connectivity index is 1.94. The molecule has 0 N–H and O–H groups in total. The van der Waals surface area contributed by atoms with E-state index in [0.29, 0.717) is 12.1 Å². The quantitative estimate of drug-likeness (QED) is 0.754. The van der Waals surface area contributed by atoms with Crippen LogP contribution in [0.15, 0.2) is 72.0 Å². The van der Waals surface area contributed by atoms with Crippen molar-refractivity contribution < 1.29 is 8.78 Å². The lowest BCUT2D eigenvalue weighted by atomic mass is 9.90. The van der Waals surface area contributed by atoms with E-state index in [4.69, 9.17) is 0 Å². The van der Waals surface area contributed by atoms with Crippen LogP contribution in [0.5, 0.6) is 0 Å². The van der Waals surface area contributed by atoms with E-state index in [1.165, 1.54) is 5.01 Å². The average Bonchev–Trinajstić information content (AvgIpc) is 2.88. The van der Waals surface area contributed by atoms with E-state index in [1.807, 2.05) is 61.5 Å². The highest BCUT2D eigenvalue weighted by Crippen LogP contribution is 2.37. The van der Waals surface area contributed by atoms with Gasteiger partial charge in [-0.2, -0.15) is 5.10 Å². The van der Waals surface area contributed by atoms with E-state index in [-0.39, 0.29) is 5.71 Å². The number of rotatable bonds is 4. The first-order valence-corrected chi connectivity index (χ1v) is 7.92. The number of allylic oxidation sites excluding steroid dienone is 1.